The molecule has 150 valence electrons. The Bertz CT molecular complexity index is 1140. The molecule has 5 heteroatoms. The normalized spacial score (nSPS) is 10.6. The number of anilines is 1. The van der Waals surface area contributed by atoms with Gasteiger partial charge in [-0.2, -0.15) is 0 Å². The molecule has 4 nitrogen and oxygen atoms in total. The number of benzene rings is 3. The first kappa shape index (κ1) is 19.9. The molecule has 0 saturated carbocycles. The van der Waals surface area contributed by atoms with Crippen molar-refractivity contribution >= 4 is 22.9 Å². The Hall–Kier alpha value is -3.44. The van der Waals surface area contributed by atoms with E-state index in [1.807, 2.05) is 91.2 Å². The highest BCUT2D eigenvalue weighted by Gasteiger charge is 2.14. The van der Waals surface area contributed by atoms with E-state index in [1.54, 1.807) is 0 Å². The highest BCUT2D eigenvalue weighted by Crippen LogP contribution is 2.32. The van der Waals surface area contributed by atoms with Gasteiger partial charge >= 0.3 is 0 Å². The van der Waals surface area contributed by atoms with Gasteiger partial charge in [0.2, 0.25) is 5.91 Å². The van der Waals surface area contributed by atoms with Crippen LogP contribution in [0.1, 0.15) is 12.6 Å². The zero-order chi connectivity index (χ0) is 20.8. The maximum atomic E-state index is 12.7. The Kier molecular flexibility index (Phi) is 6.20. The van der Waals surface area contributed by atoms with Crippen LogP contribution in [0.15, 0.2) is 84.2 Å². The lowest BCUT2D eigenvalue weighted by Gasteiger charge is -2.11. The Labute approximate surface area is 180 Å². The lowest BCUT2D eigenvalue weighted by molar-refractivity contribution is -0.115. The third kappa shape index (κ3) is 4.58. The van der Waals surface area contributed by atoms with Crippen molar-refractivity contribution < 1.29 is 9.53 Å². The summed E-state index contributed by atoms with van der Waals surface area (Å²) in [6.45, 7) is 2.56. The molecule has 0 aliphatic carbocycles. The number of hydrogen-bond acceptors (Lipinski definition) is 4. The van der Waals surface area contributed by atoms with Gasteiger partial charge in [-0.1, -0.05) is 60.7 Å². The van der Waals surface area contributed by atoms with Crippen LogP contribution >= 0.6 is 11.3 Å². The number of carbonyl (C=O) groups excluding carboxylic acids is 1. The number of carbonyl (C=O) groups is 1. The average molecular weight is 415 g/mol. The molecular weight excluding hydrogens is 392 g/mol. The summed E-state index contributed by atoms with van der Waals surface area (Å²) in [6.07, 6.45) is 0.219. The molecule has 0 spiro atoms. The Morgan fingerprint density at radius 2 is 1.63 bits per heavy atom. The first-order chi connectivity index (χ1) is 14.7. The number of thiazole rings is 1. The van der Waals surface area contributed by atoms with Gasteiger partial charge < -0.3 is 10.1 Å². The molecule has 0 atom stereocenters. The molecule has 0 unspecified atom stereocenters. The van der Waals surface area contributed by atoms with Gasteiger partial charge in [0.15, 0.2) is 0 Å². The molecule has 0 fully saturated rings. The third-order valence-electron chi connectivity index (χ3n) is 4.60. The lowest BCUT2D eigenvalue weighted by Crippen LogP contribution is -2.15. The van der Waals surface area contributed by atoms with E-state index in [4.69, 9.17) is 4.74 Å². The third-order valence-corrected chi connectivity index (χ3v) is 5.52. The molecule has 1 amide bonds. The molecule has 1 aromatic heterocycles. The van der Waals surface area contributed by atoms with E-state index in [2.05, 4.69) is 10.3 Å². The van der Waals surface area contributed by atoms with E-state index in [0.717, 1.165) is 38.8 Å². The average Bonchev–Trinajstić information content (AvgIpc) is 3.23. The summed E-state index contributed by atoms with van der Waals surface area (Å²) in [7, 11) is 0. The van der Waals surface area contributed by atoms with Gasteiger partial charge in [-0.15, -0.1) is 11.3 Å². The first-order valence-corrected chi connectivity index (χ1v) is 10.7. The Morgan fingerprint density at radius 3 is 2.43 bits per heavy atom. The van der Waals surface area contributed by atoms with E-state index < -0.39 is 0 Å². The fraction of sp³-hybridized carbons (Fsp3) is 0.120. The second-order valence-electron chi connectivity index (χ2n) is 6.71. The summed E-state index contributed by atoms with van der Waals surface area (Å²) in [4.78, 5) is 17.4. The molecule has 0 aliphatic rings. The number of nitrogens with zero attached hydrogens (tertiary/aromatic N) is 1. The van der Waals surface area contributed by atoms with Crippen molar-refractivity contribution in [3.05, 3.63) is 89.9 Å². The van der Waals surface area contributed by atoms with Gasteiger partial charge in [-0.3, -0.25) is 4.79 Å². The molecule has 0 radical (unpaired) electrons. The van der Waals surface area contributed by atoms with Crippen molar-refractivity contribution in [2.24, 2.45) is 0 Å². The highest BCUT2D eigenvalue weighted by molar-refractivity contribution is 7.13. The van der Waals surface area contributed by atoms with Crippen molar-refractivity contribution in [2.45, 2.75) is 13.3 Å². The fourth-order valence-corrected chi connectivity index (χ4v) is 4.11. The number of hydrogen-bond donors (Lipinski definition) is 1. The molecule has 4 rings (SSSR count). The summed E-state index contributed by atoms with van der Waals surface area (Å²) in [6, 6.07) is 25.7. The van der Waals surface area contributed by atoms with E-state index in [0.29, 0.717) is 6.61 Å². The van der Waals surface area contributed by atoms with Gasteiger partial charge in [0.25, 0.3) is 0 Å². The predicted molar refractivity (Wildman–Crippen MR) is 123 cm³/mol. The maximum absolute atomic E-state index is 12.7. The SMILES string of the molecule is CCOc1ccccc1-c1nc(CC(=O)Nc2ccccc2-c2ccccc2)cs1. The van der Waals surface area contributed by atoms with Gasteiger partial charge in [-0.05, 0) is 30.7 Å². The zero-order valence-corrected chi connectivity index (χ0v) is 17.5. The molecule has 0 bridgehead atoms. The van der Waals surface area contributed by atoms with Crippen LogP contribution in [0.5, 0.6) is 5.75 Å². The predicted octanol–water partition coefficient (Wildman–Crippen LogP) is 6.06. The molecule has 0 aliphatic heterocycles. The molecule has 1 N–H and O–H groups in total. The number of rotatable bonds is 7. The molecule has 1 heterocycles. The van der Waals surface area contributed by atoms with Gasteiger partial charge in [0.05, 0.1) is 24.3 Å². The van der Waals surface area contributed by atoms with E-state index in [1.165, 1.54) is 11.3 Å². The summed E-state index contributed by atoms with van der Waals surface area (Å²) in [5.41, 5.74) is 4.56. The number of ether oxygens (including phenoxy) is 1. The van der Waals surface area contributed by atoms with Crippen molar-refractivity contribution in [1.82, 2.24) is 4.98 Å². The quantitative estimate of drug-likeness (QED) is 0.400. The monoisotopic (exact) mass is 414 g/mol. The second-order valence-corrected chi connectivity index (χ2v) is 7.57. The van der Waals surface area contributed by atoms with Crippen molar-refractivity contribution in [1.29, 1.82) is 0 Å². The maximum Gasteiger partial charge on any atom is 0.230 e. The van der Waals surface area contributed by atoms with Crippen LogP contribution < -0.4 is 10.1 Å². The number of amides is 1. The van der Waals surface area contributed by atoms with Crippen molar-refractivity contribution in [2.75, 3.05) is 11.9 Å². The fourth-order valence-electron chi connectivity index (χ4n) is 3.26. The minimum Gasteiger partial charge on any atom is -0.493 e. The minimum absolute atomic E-state index is 0.0895. The molecule has 3 aromatic carbocycles. The standard InChI is InChI=1S/C25H22N2O2S/c1-2-29-23-15-9-7-13-21(23)25-26-19(17-30-25)16-24(28)27-22-14-8-6-12-20(22)18-10-4-3-5-11-18/h3-15,17H,2,16H2,1H3,(H,27,28). The van der Waals surface area contributed by atoms with Crippen LogP contribution in [0.2, 0.25) is 0 Å². The summed E-state index contributed by atoms with van der Waals surface area (Å²) in [5, 5.41) is 5.82. The smallest absolute Gasteiger partial charge is 0.230 e. The van der Waals surface area contributed by atoms with E-state index in [-0.39, 0.29) is 12.3 Å². The van der Waals surface area contributed by atoms with E-state index >= 15 is 0 Å². The van der Waals surface area contributed by atoms with Gasteiger partial charge in [0.1, 0.15) is 10.8 Å². The largest absolute Gasteiger partial charge is 0.493 e. The van der Waals surface area contributed by atoms with Crippen LogP contribution in [0.4, 0.5) is 5.69 Å². The van der Waals surface area contributed by atoms with Crippen LogP contribution in [0.25, 0.3) is 21.7 Å². The van der Waals surface area contributed by atoms with Crippen LogP contribution in [0.3, 0.4) is 0 Å². The number of para-hydroxylation sites is 2. The first-order valence-electron chi connectivity index (χ1n) is 9.85. The second kappa shape index (κ2) is 9.37. The highest BCUT2D eigenvalue weighted by atomic mass is 32.1. The van der Waals surface area contributed by atoms with Crippen molar-refractivity contribution in [3.8, 4) is 27.4 Å². The van der Waals surface area contributed by atoms with Crippen molar-refractivity contribution in [3.63, 3.8) is 0 Å². The summed E-state index contributed by atoms with van der Waals surface area (Å²) < 4.78 is 5.70. The van der Waals surface area contributed by atoms with Crippen LogP contribution in [-0.2, 0) is 11.2 Å². The van der Waals surface area contributed by atoms with Gasteiger partial charge in [0, 0.05) is 16.6 Å². The van der Waals surface area contributed by atoms with Gasteiger partial charge in [-0.25, -0.2) is 4.98 Å². The van der Waals surface area contributed by atoms with Crippen LogP contribution in [-0.4, -0.2) is 17.5 Å². The molecule has 30 heavy (non-hydrogen) atoms. The lowest BCUT2D eigenvalue weighted by atomic mass is 10.0. The Balaban J connectivity index is 1.49. The molecular formula is C25H22N2O2S. The zero-order valence-electron chi connectivity index (χ0n) is 16.7. The van der Waals surface area contributed by atoms with Crippen LogP contribution in [0, 0.1) is 0 Å². The topological polar surface area (TPSA) is 51.2 Å². The number of nitrogens with one attached hydrogen (secondary N) is 1. The van der Waals surface area contributed by atoms with E-state index in [9.17, 15) is 4.79 Å². The Morgan fingerprint density at radius 1 is 0.933 bits per heavy atom. The molecule has 0 saturated heterocycles. The summed E-state index contributed by atoms with van der Waals surface area (Å²) >= 11 is 1.52. The minimum atomic E-state index is -0.0895. The molecule has 4 aromatic rings. The summed E-state index contributed by atoms with van der Waals surface area (Å²) in [5.74, 6) is 0.718. The number of aromatic nitrogens is 1.